The van der Waals surface area contributed by atoms with Crippen molar-refractivity contribution in [1.82, 2.24) is 14.8 Å². The highest BCUT2D eigenvalue weighted by Gasteiger charge is 2.26. The number of aryl methyl sites for hydroxylation is 1. The van der Waals surface area contributed by atoms with Crippen LogP contribution in [0.3, 0.4) is 0 Å². The second-order valence-corrected chi connectivity index (χ2v) is 6.23. The van der Waals surface area contributed by atoms with E-state index in [4.69, 9.17) is 4.74 Å². The third-order valence-electron chi connectivity index (χ3n) is 4.27. The normalized spacial score (nSPS) is 15.4. The number of hydrogen-bond donors (Lipinski definition) is 2. The predicted octanol–water partition coefficient (Wildman–Crippen LogP) is 3.15. The summed E-state index contributed by atoms with van der Waals surface area (Å²) in [5, 5.41) is 16.5. The van der Waals surface area contributed by atoms with Crippen LogP contribution in [0.4, 0.5) is 5.95 Å². The molecule has 1 aromatic heterocycles. The van der Waals surface area contributed by atoms with E-state index in [0.717, 1.165) is 16.9 Å². The Kier molecular flexibility index (Phi) is 4.33. The largest absolute Gasteiger partial charge is 0.489 e. The van der Waals surface area contributed by atoms with E-state index in [-0.39, 0.29) is 11.7 Å². The molecule has 1 atom stereocenters. The minimum atomic E-state index is -1.03. The number of anilines is 1. The van der Waals surface area contributed by atoms with E-state index in [1.54, 1.807) is 17.7 Å². The number of nitrogens with one attached hydrogen (secondary N) is 1. The second-order valence-electron chi connectivity index (χ2n) is 6.23. The third-order valence-corrected chi connectivity index (χ3v) is 4.27. The summed E-state index contributed by atoms with van der Waals surface area (Å²) in [6, 6.07) is 17.2. The molecule has 0 radical (unpaired) electrons. The van der Waals surface area contributed by atoms with Gasteiger partial charge in [-0.3, -0.25) is 0 Å². The number of allylic oxidation sites excluding steroid dienone is 1. The van der Waals surface area contributed by atoms with Gasteiger partial charge in [0.15, 0.2) is 0 Å². The second kappa shape index (κ2) is 6.95. The zero-order chi connectivity index (χ0) is 18.8. The van der Waals surface area contributed by atoms with Crippen molar-refractivity contribution >= 4 is 11.9 Å². The number of aliphatic carboxylic acids is 1. The molecule has 0 amide bonds. The number of carboxylic acids is 1. The van der Waals surface area contributed by atoms with E-state index < -0.39 is 5.97 Å². The van der Waals surface area contributed by atoms with Gasteiger partial charge < -0.3 is 15.2 Å². The van der Waals surface area contributed by atoms with Crippen LogP contribution in [0.15, 0.2) is 66.4 Å². The van der Waals surface area contributed by atoms with E-state index in [1.807, 2.05) is 54.6 Å². The molecule has 7 nitrogen and oxygen atoms in total. The molecule has 2 N–H and O–H groups in total. The molecule has 0 aliphatic carbocycles. The Bertz CT molecular complexity index is 994. The average Bonchev–Trinajstić information content (AvgIpc) is 3.07. The topological polar surface area (TPSA) is 89.3 Å². The van der Waals surface area contributed by atoms with Crippen LogP contribution in [0.5, 0.6) is 5.75 Å². The number of nitrogens with zero attached hydrogens (tertiary/aromatic N) is 3. The molecule has 0 unspecified atom stereocenters. The summed E-state index contributed by atoms with van der Waals surface area (Å²) >= 11 is 0. The Hall–Kier alpha value is -3.61. The molecule has 0 spiro atoms. The Labute approximate surface area is 155 Å². The molecule has 3 aromatic rings. The number of aromatic nitrogens is 3. The first-order valence-corrected chi connectivity index (χ1v) is 8.52. The van der Waals surface area contributed by atoms with Gasteiger partial charge in [-0.25, -0.2) is 9.48 Å². The lowest BCUT2D eigenvalue weighted by atomic mass is 10.0. The van der Waals surface area contributed by atoms with Gasteiger partial charge in [-0.15, -0.1) is 0 Å². The lowest BCUT2D eigenvalue weighted by molar-refractivity contribution is -0.132. The van der Waals surface area contributed by atoms with Gasteiger partial charge in [-0.1, -0.05) is 42.5 Å². The van der Waals surface area contributed by atoms with Crippen molar-refractivity contribution in [3.05, 3.63) is 83.3 Å². The lowest BCUT2D eigenvalue weighted by Crippen LogP contribution is -2.24. The summed E-state index contributed by atoms with van der Waals surface area (Å²) in [5.41, 5.74) is 2.08. The molecule has 2 aromatic carbocycles. The Morgan fingerprint density at radius 2 is 1.93 bits per heavy atom. The summed E-state index contributed by atoms with van der Waals surface area (Å²) in [5.74, 6) is 0.704. The quantitative estimate of drug-likeness (QED) is 0.725. The minimum Gasteiger partial charge on any atom is -0.489 e. The summed E-state index contributed by atoms with van der Waals surface area (Å²) < 4.78 is 7.49. The van der Waals surface area contributed by atoms with Crippen LogP contribution < -0.4 is 10.1 Å². The number of fused-ring (bicyclic) bond motifs is 1. The van der Waals surface area contributed by atoms with E-state index in [0.29, 0.717) is 18.4 Å². The van der Waals surface area contributed by atoms with Crippen molar-refractivity contribution in [3.8, 4) is 5.75 Å². The van der Waals surface area contributed by atoms with Gasteiger partial charge in [0, 0.05) is 0 Å². The number of carboxylic acid groups (broad SMARTS) is 1. The van der Waals surface area contributed by atoms with Crippen molar-refractivity contribution in [2.45, 2.75) is 19.6 Å². The van der Waals surface area contributed by atoms with Gasteiger partial charge in [-0.05, 0) is 36.3 Å². The fourth-order valence-electron chi connectivity index (χ4n) is 2.96. The van der Waals surface area contributed by atoms with Gasteiger partial charge in [-0.2, -0.15) is 10.1 Å². The maximum atomic E-state index is 11.4. The zero-order valence-corrected chi connectivity index (χ0v) is 14.7. The van der Waals surface area contributed by atoms with Crippen molar-refractivity contribution in [3.63, 3.8) is 0 Å². The molecular formula is C20H18N4O3. The first-order valence-electron chi connectivity index (χ1n) is 8.52. The summed E-state index contributed by atoms with van der Waals surface area (Å²) in [7, 11) is 0. The number of ether oxygens (including phenoxy) is 1. The molecule has 2 heterocycles. The molecule has 0 fully saturated rings. The molecule has 7 heteroatoms. The Balaban J connectivity index is 1.56. The van der Waals surface area contributed by atoms with Crippen LogP contribution in [0, 0.1) is 6.92 Å². The van der Waals surface area contributed by atoms with E-state index in [1.165, 1.54) is 0 Å². The smallest absolute Gasteiger partial charge is 0.352 e. The SMILES string of the molecule is Cc1nc2n(n1)[C@@H](c1ccc(OCc3ccccc3)cc1)C=C(C(=O)O)N2. The molecule has 136 valence electrons. The van der Waals surface area contributed by atoms with Gasteiger partial charge in [0.05, 0.1) is 0 Å². The van der Waals surface area contributed by atoms with Gasteiger partial charge in [0.2, 0.25) is 5.95 Å². The van der Waals surface area contributed by atoms with Crippen LogP contribution in [-0.4, -0.2) is 25.8 Å². The van der Waals surface area contributed by atoms with Crippen molar-refractivity contribution in [1.29, 1.82) is 0 Å². The van der Waals surface area contributed by atoms with E-state index in [9.17, 15) is 9.90 Å². The number of rotatable bonds is 5. The lowest BCUT2D eigenvalue weighted by Gasteiger charge is -2.22. The van der Waals surface area contributed by atoms with E-state index >= 15 is 0 Å². The average molecular weight is 362 g/mol. The zero-order valence-electron chi connectivity index (χ0n) is 14.7. The number of hydrogen-bond acceptors (Lipinski definition) is 5. The van der Waals surface area contributed by atoms with Crippen molar-refractivity contribution in [2.24, 2.45) is 0 Å². The molecule has 1 aliphatic heterocycles. The van der Waals surface area contributed by atoms with Crippen LogP contribution >= 0.6 is 0 Å². The molecule has 4 rings (SSSR count). The first kappa shape index (κ1) is 16.8. The number of carbonyl (C=O) groups is 1. The van der Waals surface area contributed by atoms with Gasteiger partial charge in [0.25, 0.3) is 0 Å². The van der Waals surface area contributed by atoms with Crippen LogP contribution in [-0.2, 0) is 11.4 Å². The summed E-state index contributed by atoms with van der Waals surface area (Å²) in [6.07, 6.45) is 1.63. The molecule has 0 saturated carbocycles. The molecule has 0 saturated heterocycles. The number of benzene rings is 2. The molecule has 27 heavy (non-hydrogen) atoms. The maximum absolute atomic E-state index is 11.4. The fraction of sp³-hybridized carbons (Fsp3) is 0.150. The Morgan fingerprint density at radius 3 is 2.63 bits per heavy atom. The molecule has 1 aliphatic rings. The van der Waals surface area contributed by atoms with E-state index in [2.05, 4.69) is 15.4 Å². The molecular weight excluding hydrogens is 344 g/mol. The fourth-order valence-corrected chi connectivity index (χ4v) is 2.96. The maximum Gasteiger partial charge on any atom is 0.352 e. The minimum absolute atomic E-state index is 0.0873. The summed E-state index contributed by atoms with van der Waals surface area (Å²) in [4.78, 5) is 15.7. The highest BCUT2D eigenvalue weighted by Crippen LogP contribution is 2.30. The van der Waals surface area contributed by atoms with Crippen LogP contribution in [0.2, 0.25) is 0 Å². The monoisotopic (exact) mass is 362 g/mol. The first-order chi connectivity index (χ1) is 13.1. The highest BCUT2D eigenvalue weighted by atomic mass is 16.5. The standard InChI is InChI=1S/C20H18N4O3/c1-13-21-20-22-17(19(25)26)11-18(24(20)23-13)15-7-9-16(10-8-15)27-12-14-5-3-2-4-6-14/h2-11,18H,12H2,1H3,(H,25,26)(H,21,22,23)/t18-/m1/s1. The highest BCUT2D eigenvalue weighted by molar-refractivity contribution is 5.90. The third kappa shape index (κ3) is 3.52. The van der Waals surface area contributed by atoms with Crippen molar-refractivity contribution < 1.29 is 14.6 Å². The van der Waals surface area contributed by atoms with Gasteiger partial charge in [0.1, 0.15) is 29.9 Å². The summed E-state index contributed by atoms with van der Waals surface area (Å²) in [6.45, 7) is 2.26. The van der Waals surface area contributed by atoms with Crippen molar-refractivity contribution in [2.75, 3.05) is 5.32 Å². The van der Waals surface area contributed by atoms with Crippen LogP contribution in [0.1, 0.15) is 23.0 Å². The van der Waals surface area contributed by atoms with Crippen LogP contribution in [0.25, 0.3) is 0 Å². The molecule has 0 bridgehead atoms. The predicted molar refractivity (Wildman–Crippen MR) is 99.5 cm³/mol. The Morgan fingerprint density at radius 1 is 1.19 bits per heavy atom. The van der Waals surface area contributed by atoms with Gasteiger partial charge >= 0.3 is 5.97 Å².